The van der Waals surface area contributed by atoms with Gasteiger partial charge in [-0.15, -0.1) is 10.2 Å². The van der Waals surface area contributed by atoms with Crippen molar-refractivity contribution in [2.24, 2.45) is 5.14 Å². The predicted molar refractivity (Wildman–Crippen MR) is 122 cm³/mol. The molecule has 178 valence electrons. The van der Waals surface area contributed by atoms with Crippen molar-refractivity contribution < 1.29 is 16.8 Å². The third kappa shape index (κ3) is 3.51. The number of nitrogens with zero attached hydrogens (tertiary/aromatic N) is 5. The van der Waals surface area contributed by atoms with Crippen molar-refractivity contribution in [1.29, 1.82) is 0 Å². The average molecular weight is 505 g/mol. The first-order valence-corrected chi connectivity index (χ1v) is 12.9. The molecule has 0 amide bonds. The lowest BCUT2D eigenvalue weighted by molar-refractivity contribution is 0.274. The van der Waals surface area contributed by atoms with Crippen LogP contribution in [-0.2, 0) is 20.0 Å². The van der Waals surface area contributed by atoms with Gasteiger partial charge in [-0.3, -0.25) is 0 Å². The van der Waals surface area contributed by atoms with Gasteiger partial charge in [0.1, 0.15) is 9.79 Å². The van der Waals surface area contributed by atoms with E-state index in [-0.39, 0.29) is 28.9 Å². The Labute approximate surface area is 193 Å². The average Bonchev–Trinajstić information content (AvgIpc) is 3.39. The second-order valence-electron chi connectivity index (χ2n) is 7.75. The van der Waals surface area contributed by atoms with Gasteiger partial charge in [-0.25, -0.2) is 27.0 Å². The van der Waals surface area contributed by atoms with Crippen LogP contribution in [0.15, 0.2) is 40.1 Å². The third-order valence-corrected chi connectivity index (χ3v) is 8.80. The van der Waals surface area contributed by atoms with Gasteiger partial charge >= 0.3 is 0 Å². The van der Waals surface area contributed by atoms with Gasteiger partial charge in [0, 0.05) is 31.7 Å². The molecule has 1 saturated heterocycles. The van der Waals surface area contributed by atoms with E-state index in [1.165, 1.54) is 19.2 Å². The number of nitrogens with two attached hydrogens (primary N) is 2. The first kappa shape index (κ1) is 22.4. The van der Waals surface area contributed by atoms with Gasteiger partial charge in [0.2, 0.25) is 25.9 Å². The summed E-state index contributed by atoms with van der Waals surface area (Å²) in [6.07, 6.45) is 0. The van der Waals surface area contributed by atoms with Crippen molar-refractivity contribution in [2.45, 2.75) is 15.8 Å². The fraction of sp³-hybridized carbons (Fsp3) is 0.222. The Morgan fingerprint density at radius 3 is 2.47 bits per heavy atom. The highest BCUT2D eigenvalue weighted by Crippen LogP contribution is 2.41. The Morgan fingerprint density at radius 1 is 1.09 bits per heavy atom. The van der Waals surface area contributed by atoms with Crippen molar-refractivity contribution >= 4 is 37.0 Å². The summed E-state index contributed by atoms with van der Waals surface area (Å²) < 4.78 is 53.9. The summed E-state index contributed by atoms with van der Waals surface area (Å²) >= 11 is 0. The molecule has 3 heterocycles. The molecule has 1 fully saturated rings. The fourth-order valence-corrected chi connectivity index (χ4v) is 6.84. The van der Waals surface area contributed by atoms with E-state index in [0.717, 1.165) is 4.31 Å². The van der Waals surface area contributed by atoms with Gasteiger partial charge in [0.05, 0.1) is 16.6 Å². The van der Waals surface area contributed by atoms with Crippen LogP contribution in [0.3, 0.4) is 0 Å². The van der Waals surface area contributed by atoms with Gasteiger partial charge in [-0.05, 0) is 22.9 Å². The number of anilines is 1. The Bertz CT molecular complexity index is 1610. The molecule has 1 aliphatic rings. The molecule has 0 saturated carbocycles. The minimum Gasteiger partial charge on any atom is -0.369 e. The first-order valence-electron chi connectivity index (χ1n) is 9.96. The zero-order valence-electron chi connectivity index (χ0n) is 17.7. The monoisotopic (exact) mass is 504 g/mol. The van der Waals surface area contributed by atoms with Crippen LogP contribution in [0.2, 0.25) is 0 Å². The molecule has 0 bridgehead atoms. The number of nitrogens with one attached hydrogen (secondary N) is 3. The van der Waals surface area contributed by atoms with Crippen molar-refractivity contribution in [3.8, 4) is 22.5 Å². The van der Waals surface area contributed by atoms with Gasteiger partial charge in [0.25, 0.3) is 0 Å². The van der Waals surface area contributed by atoms with Crippen LogP contribution < -0.4 is 16.2 Å². The standard InChI is InChI=1S/C18H20N10O4S2/c1-28(9-7-21-8-9)34(31,32)13-6-5-10(11-3-2-4-12-15(11)23-18(19)22-12)14(16(13)33(20,29)30)17-24-26-27-25-17/h2-6,9,21H,7-8H2,1H3,(H3,19,22,23)(H2,20,29,30)(H,24,25,26,27). The Balaban J connectivity index is 1.87. The van der Waals surface area contributed by atoms with Crippen molar-refractivity contribution in [1.82, 2.24) is 40.2 Å². The number of rotatable bonds is 6. The third-order valence-electron chi connectivity index (χ3n) is 5.73. The number of benzene rings is 2. The van der Waals surface area contributed by atoms with Gasteiger partial charge in [0.15, 0.2) is 5.95 Å². The van der Waals surface area contributed by atoms with Gasteiger partial charge in [-0.1, -0.05) is 18.2 Å². The molecule has 16 heteroatoms. The Kier molecular flexibility index (Phi) is 5.14. The number of hydrogen-bond donors (Lipinski definition) is 5. The van der Waals surface area contributed by atoms with Crippen molar-refractivity contribution in [2.75, 3.05) is 25.9 Å². The number of likely N-dealkylation sites (N-methyl/N-ethyl adjacent to an activating group) is 1. The Morgan fingerprint density at radius 2 is 1.85 bits per heavy atom. The van der Waals surface area contributed by atoms with Gasteiger partial charge in [-0.2, -0.15) is 9.52 Å². The zero-order valence-corrected chi connectivity index (χ0v) is 19.4. The summed E-state index contributed by atoms with van der Waals surface area (Å²) in [5, 5.41) is 22.2. The van der Waals surface area contributed by atoms with Crippen LogP contribution in [0.1, 0.15) is 0 Å². The second kappa shape index (κ2) is 7.81. The number of sulfonamides is 2. The number of tetrazole rings is 1. The predicted octanol–water partition coefficient (Wildman–Crippen LogP) is -0.768. The number of primary sulfonamides is 1. The van der Waals surface area contributed by atoms with Crippen LogP contribution >= 0.6 is 0 Å². The molecule has 0 radical (unpaired) electrons. The minimum absolute atomic E-state index is 0.119. The first-order chi connectivity index (χ1) is 16.1. The molecule has 7 N–H and O–H groups in total. The lowest BCUT2D eigenvalue weighted by Crippen LogP contribution is -2.57. The van der Waals surface area contributed by atoms with E-state index < -0.39 is 29.8 Å². The summed E-state index contributed by atoms with van der Waals surface area (Å²) in [7, 11) is -7.46. The molecular formula is C18H20N10O4S2. The lowest BCUT2D eigenvalue weighted by atomic mass is 9.98. The van der Waals surface area contributed by atoms with E-state index in [1.807, 2.05) is 0 Å². The van der Waals surface area contributed by atoms with Crippen LogP contribution in [-0.4, -0.2) is 77.9 Å². The highest BCUT2D eigenvalue weighted by molar-refractivity contribution is 7.92. The highest BCUT2D eigenvalue weighted by Gasteiger charge is 2.38. The zero-order chi connectivity index (χ0) is 24.3. The second-order valence-corrected chi connectivity index (χ2v) is 11.2. The number of imidazole rings is 1. The molecule has 1 aliphatic heterocycles. The maximum Gasteiger partial charge on any atom is 0.244 e. The minimum atomic E-state index is -4.60. The molecule has 34 heavy (non-hydrogen) atoms. The largest absolute Gasteiger partial charge is 0.369 e. The molecular weight excluding hydrogens is 484 g/mol. The molecule has 14 nitrogen and oxygen atoms in total. The number of aromatic amines is 2. The number of aromatic nitrogens is 6. The smallest absolute Gasteiger partial charge is 0.244 e. The van der Waals surface area contributed by atoms with E-state index in [9.17, 15) is 16.8 Å². The maximum atomic E-state index is 13.5. The summed E-state index contributed by atoms with van der Waals surface area (Å²) in [6, 6.07) is 7.51. The molecule has 0 spiro atoms. The normalized spacial score (nSPS) is 15.1. The number of para-hydroxylation sites is 1. The molecule has 0 atom stereocenters. The van der Waals surface area contributed by atoms with E-state index in [1.54, 1.807) is 18.2 Å². The number of nitrogen functional groups attached to an aromatic ring is 1. The summed E-state index contributed by atoms with van der Waals surface area (Å²) in [4.78, 5) is 6.08. The van der Waals surface area contributed by atoms with E-state index in [4.69, 9.17) is 10.9 Å². The molecule has 5 rings (SSSR count). The van der Waals surface area contributed by atoms with Crippen LogP contribution in [0.4, 0.5) is 5.95 Å². The molecule has 2 aromatic heterocycles. The van der Waals surface area contributed by atoms with E-state index >= 15 is 0 Å². The number of H-pyrrole nitrogens is 2. The van der Waals surface area contributed by atoms with Crippen molar-refractivity contribution in [3.63, 3.8) is 0 Å². The lowest BCUT2D eigenvalue weighted by Gasteiger charge is -2.35. The van der Waals surface area contributed by atoms with Crippen LogP contribution in [0.5, 0.6) is 0 Å². The molecule has 4 aromatic rings. The summed E-state index contributed by atoms with van der Waals surface area (Å²) in [5.41, 5.74) is 7.49. The molecule has 0 aliphatic carbocycles. The maximum absolute atomic E-state index is 13.5. The van der Waals surface area contributed by atoms with Gasteiger partial charge < -0.3 is 16.0 Å². The fourth-order valence-electron chi connectivity index (χ4n) is 3.91. The van der Waals surface area contributed by atoms with Crippen LogP contribution in [0.25, 0.3) is 33.5 Å². The van der Waals surface area contributed by atoms with E-state index in [2.05, 4.69) is 35.9 Å². The summed E-state index contributed by atoms with van der Waals surface area (Å²) in [5.74, 6) is 0.00899. The van der Waals surface area contributed by atoms with E-state index in [0.29, 0.717) is 29.7 Å². The Hall–Kier alpha value is -3.44. The number of fused-ring (bicyclic) bond motifs is 1. The topological polar surface area (TPSA) is 219 Å². The highest BCUT2D eigenvalue weighted by atomic mass is 32.2. The van der Waals surface area contributed by atoms with Crippen LogP contribution in [0, 0.1) is 0 Å². The van der Waals surface area contributed by atoms with Crippen molar-refractivity contribution in [3.05, 3.63) is 30.3 Å². The molecule has 2 aromatic carbocycles. The quantitative estimate of drug-likeness (QED) is 0.221. The number of hydrogen-bond acceptors (Lipinski definition) is 10. The SMILES string of the molecule is CN(C1CNC1)S(=O)(=O)c1ccc(-c2cccc3[nH]c(N)nc23)c(-c2nn[nH]n2)c1S(N)(=O)=O. The summed E-state index contributed by atoms with van der Waals surface area (Å²) in [6.45, 7) is 0.887. The molecule has 0 unspecified atom stereocenters.